The third-order valence-corrected chi connectivity index (χ3v) is 2.66. The first-order valence-corrected chi connectivity index (χ1v) is 5.27. The number of aromatic nitrogens is 1. The summed E-state index contributed by atoms with van der Waals surface area (Å²) < 4.78 is 5.81. The number of likely N-dealkylation sites (tertiary alicyclic amines) is 1. The zero-order valence-electron chi connectivity index (χ0n) is 9.18. The van der Waals surface area contributed by atoms with Gasteiger partial charge in [-0.1, -0.05) is 0 Å². The van der Waals surface area contributed by atoms with Crippen molar-refractivity contribution in [1.29, 1.82) is 0 Å². The maximum atomic E-state index is 11.7. The largest absolute Gasteiger partial charge is 0.373 e. The van der Waals surface area contributed by atoms with Gasteiger partial charge in [0, 0.05) is 25.2 Å². The lowest BCUT2D eigenvalue weighted by molar-refractivity contribution is 0.0729. The molecule has 0 aromatic carbocycles. The number of rotatable bonds is 2. The molecule has 1 aromatic heterocycles. The van der Waals surface area contributed by atoms with Crippen LogP contribution >= 0.6 is 0 Å². The lowest BCUT2D eigenvalue weighted by atomic mass is 10.3. The van der Waals surface area contributed by atoms with E-state index in [2.05, 4.69) is 0 Å². The van der Waals surface area contributed by atoms with Gasteiger partial charge in [-0.05, 0) is 13.3 Å². The molecule has 0 radical (unpaired) electrons. The average Bonchev–Trinajstić information content (AvgIpc) is 2.73. The van der Waals surface area contributed by atoms with Gasteiger partial charge in [-0.25, -0.2) is 0 Å². The van der Waals surface area contributed by atoms with E-state index in [4.69, 9.17) is 10.3 Å². The minimum Gasteiger partial charge on any atom is -0.373 e. The van der Waals surface area contributed by atoms with Gasteiger partial charge in [0.2, 0.25) is 0 Å². The molecule has 6 heteroatoms. The second-order valence-corrected chi connectivity index (χ2v) is 4.16. The highest BCUT2D eigenvalue weighted by Crippen LogP contribution is 2.06. The van der Waals surface area contributed by atoms with Crippen molar-refractivity contribution in [3.8, 4) is 0 Å². The van der Waals surface area contributed by atoms with Crippen molar-refractivity contribution in [2.24, 2.45) is 5.73 Å². The SMILES string of the molecule is Cc1cc(=O)n(C(=O)CN2CC[C@H](N)C2)o1. The van der Waals surface area contributed by atoms with Crippen LogP contribution in [0.1, 0.15) is 17.0 Å². The lowest BCUT2D eigenvalue weighted by Crippen LogP contribution is -2.35. The van der Waals surface area contributed by atoms with Crippen LogP contribution in [-0.2, 0) is 0 Å². The van der Waals surface area contributed by atoms with Crippen LogP contribution < -0.4 is 11.3 Å². The molecule has 1 aromatic rings. The highest BCUT2D eigenvalue weighted by Gasteiger charge is 2.23. The third-order valence-electron chi connectivity index (χ3n) is 2.66. The normalized spacial score (nSPS) is 21.5. The fraction of sp³-hybridized carbons (Fsp3) is 0.600. The van der Waals surface area contributed by atoms with Crippen LogP contribution in [0.2, 0.25) is 0 Å². The lowest BCUT2D eigenvalue weighted by Gasteiger charge is -2.12. The molecule has 2 heterocycles. The number of hydrogen-bond donors (Lipinski definition) is 1. The summed E-state index contributed by atoms with van der Waals surface area (Å²) in [6.45, 7) is 3.30. The monoisotopic (exact) mass is 225 g/mol. The van der Waals surface area contributed by atoms with E-state index in [1.54, 1.807) is 6.92 Å². The van der Waals surface area contributed by atoms with E-state index >= 15 is 0 Å². The Morgan fingerprint density at radius 1 is 1.69 bits per heavy atom. The van der Waals surface area contributed by atoms with Gasteiger partial charge in [0.05, 0.1) is 6.54 Å². The van der Waals surface area contributed by atoms with Crippen molar-refractivity contribution in [3.63, 3.8) is 0 Å². The molecule has 2 N–H and O–H groups in total. The molecule has 88 valence electrons. The molecule has 0 spiro atoms. The summed E-state index contributed by atoms with van der Waals surface area (Å²) >= 11 is 0. The maximum Gasteiger partial charge on any atom is 0.290 e. The molecule has 16 heavy (non-hydrogen) atoms. The fourth-order valence-electron chi connectivity index (χ4n) is 1.88. The summed E-state index contributed by atoms with van der Waals surface area (Å²) in [5, 5.41) is 0. The minimum atomic E-state index is -0.411. The number of carbonyl (C=O) groups is 1. The second kappa shape index (κ2) is 4.23. The summed E-state index contributed by atoms with van der Waals surface area (Å²) in [5.41, 5.74) is 5.32. The number of hydrogen-bond acceptors (Lipinski definition) is 5. The highest BCUT2D eigenvalue weighted by atomic mass is 16.5. The van der Waals surface area contributed by atoms with E-state index < -0.39 is 5.56 Å². The van der Waals surface area contributed by atoms with Crippen LogP contribution in [-0.4, -0.2) is 41.2 Å². The second-order valence-electron chi connectivity index (χ2n) is 4.16. The van der Waals surface area contributed by atoms with Crippen molar-refractivity contribution in [2.45, 2.75) is 19.4 Å². The standard InChI is InChI=1S/C10H15N3O3/c1-7-4-9(14)13(16-7)10(15)6-12-3-2-8(11)5-12/h4,8H,2-3,5-6,11H2,1H3/t8-/m0/s1. The van der Waals surface area contributed by atoms with E-state index in [-0.39, 0.29) is 18.5 Å². The van der Waals surface area contributed by atoms with Crippen molar-refractivity contribution in [3.05, 3.63) is 22.2 Å². The smallest absolute Gasteiger partial charge is 0.290 e. The Bertz CT molecular complexity index is 448. The molecule has 0 unspecified atom stereocenters. The van der Waals surface area contributed by atoms with Gasteiger partial charge in [-0.15, -0.1) is 4.74 Å². The number of aryl methyl sites for hydroxylation is 1. The van der Waals surface area contributed by atoms with E-state index in [1.165, 1.54) is 6.07 Å². The topological polar surface area (TPSA) is 81.5 Å². The quantitative estimate of drug-likeness (QED) is 0.728. The van der Waals surface area contributed by atoms with E-state index in [0.717, 1.165) is 17.7 Å². The first-order chi connectivity index (χ1) is 7.56. The van der Waals surface area contributed by atoms with E-state index in [1.807, 2.05) is 4.90 Å². The van der Waals surface area contributed by atoms with E-state index in [0.29, 0.717) is 12.3 Å². The first-order valence-electron chi connectivity index (χ1n) is 5.27. The molecular weight excluding hydrogens is 210 g/mol. The van der Waals surface area contributed by atoms with Gasteiger partial charge >= 0.3 is 0 Å². The Kier molecular flexibility index (Phi) is 2.93. The van der Waals surface area contributed by atoms with Gasteiger partial charge in [0.1, 0.15) is 5.76 Å². The fourth-order valence-corrected chi connectivity index (χ4v) is 1.88. The van der Waals surface area contributed by atoms with Gasteiger partial charge in [-0.3, -0.25) is 14.5 Å². The predicted molar refractivity (Wildman–Crippen MR) is 57.4 cm³/mol. The molecule has 1 aliphatic rings. The molecule has 0 aliphatic carbocycles. The Hall–Kier alpha value is -1.40. The summed E-state index contributed by atoms with van der Waals surface area (Å²) in [5.74, 6) is 0.101. The Balaban J connectivity index is 2.03. The van der Waals surface area contributed by atoms with Crippen molar-refractivity contribution in [1.82, 2.24) is 9.64 Å². The van der Waals surface area contributed by atoms with Gasteiger partial charge in [-0.2, -0.15) is 0 Å². The average molecular weight is 225 g/mol. The third kappa shape index (κ3) is 2.23. The molecule has 1 atom stereocenters. The molecule has 0 saturated carbocycles. The van der Waals surface area contributed by atoms with Gasteiger partial charge < -0.3 is 10.3 Å². The molecular formula is C10H15N3O3. The van der Waals surface area contributed by atoms with Crippen LogP contribution in [0, 0.1) is 6.92 Å². The number of nitrogens with two attached hydrogens (primary N) is 1. The maximum absolute atomic E-state index is 11.7. The molecule has 1 saturated heterocycles. The summed E-state index contributed by atoms with van der Waals surface area (Å²) in [6.07, 6.45) is 0.888. The summed E-state index contributed by atoms with van der Waals surface area (Å²) in [6, 6.07) is 1.43. The van der Waals surface area contributed by atoms with Crippen LogP contribution in [0.4, 0.5) is 0 Å². The summed E-state index contributed by atoms with van der Waals surface area (Å²) in [4.78, 5) is 25.0. The van der Waals surface area contributed by atoms with E-state index in [9.17, 15) is 9.59 Å². The Morgan fingerprint density at radius 3 is 2.94 bits per heavy atom. The van der Waals surface area contributed by atoms with Crippen molar-refractivity contribution in [2.75, 3.05) is 19.6 Å². The molecule has 6 nitrogen and oxygen atoms in total. The van der Waals surface area contributed by atoms with Gasteiger partial charge in [0.25, 0.3) is 11.5 Å². The van der Waals surface area contributed by atoms with Crippen molar-refractivity contribution < 1.29 is 9.32 Å². The summed E-state index contributed by atoms with van der Waals surface area (Å²) in [7, 11) is 0. The van der Waals surface area contributed by atoms with Crippen LogP contribution in [0.3, 0.4) is 0 Å². The molecule has 1 aliphatic heterocycles. The number of carbonyl (C=O) groups excluding carboxylic acids is 1. The Morgan fingerprint density at radius 2 is 2.44 bits per heavy atom. The molecule has 1 fully saturated rings. The molecule has 0 bridgehead atoms. The molecule has 2 rings (SSSR count). The molecule has 0 amide bonds. The Labute approximate surface area is 92.6 Å². The van der Waals surface area contributed by atoms with Crippen LogP contribution in [0.5, 0.6) is 0 Å². The zero-order chi connectivity index (χ0) is 11.7. The van der Waals surface area contributed by atoms with Crippen molar-refractivity contribution >= 4 is 5.91 Å². The van der Waals surface area contributed by atoms with Gasteiger partial charge in [0.15, 0.2) is 0 Å². The predicted octanol–water partition coefficient (Wildman–Crippen LogP) is -0.577. The zero-order valence-corrected chi connectivity index (χ0v) is 9.18. The highest BCUT2D eigenvalue weighted by molar-refractivity contribution is 5.79. The van der Waals surface area contributed by atoms with Crippen LogP contribution in [0.15, 0.2) is 15.4 Å². The first kappa shape index (κ1) is 11.1. The number of nitrogens with zero attached hydrogens (tertiary/aromatic N) is 2. The minimum absolute atomic E-state index is 0.128. The van der Waals surface area contributed by atoms with Crippen LogP contribution in [0.25, 0.3) is 0 Å².